The summed E-state index contributed by atoms with van der Waals surface area (Å²) >= 11 is 3.17. The van der Waals surface area contributed by atoms with Crippen LogP contribution in [0.1, 0.15) is 27.7 Å². The van der Waals surface area contributed by atoms with E-state index in [1.54, 1.807) is 27.7 Å². The molecule has 0 unspecified atom stereocenters. The van der Waals surface area contributed by atoms with Crippen LogP contribution in [0.25, 0.3) is 0 Å². The molecule has 5 heteroatoms. The van der Waals surface area contributed by atoms with Gasteiger partial charge in [-0.25, -0.2) is 0 Å². The fourth-order valence-electron chi connectivity index (χ4n) is 0.615. The average Bonchev–Trinajstić information content (AvgIpc) is 2.09. The van der Waals surface area contributed by atoms with Crippen LogP contribution in [0.15, 0.2) is 0 Å². The molecular formula is C10H17BrO4. The number of ether oxygens (including phenoxy) is 2. The highest BCUT2D eigenvalue weighted by atomic mass is 79.9. The molecule has 0 atom stereocenters. The van der Waals surface area contributed by atoms with Crippen LogP contribution in [0.5, 0.6) is 0 Å². The molecular weight excluding hydrogens is 264 g/mol. The molecule has 0 spiro atoms. The van der Waals surface area contributed by atoms with Crippen molar-refractivity contribution in [2.45, 2.75) is 32.0 Å². The number of hydrogen-bond acceptors (Lipinski definition) is 4. The van der Waals surface area contributed by atoms with E-state index in [0.717, 1.165) is 0 Å². The molecule has 88 valence electrons. The van der Waals surface area contributed by atoms with Crippen molar-refractivity contribution in [3.05, 3.63) is 0 Å². The van der Waals surface area contributed by atoms with Gasteiger partial charge in [0.25, 0.3) is 0 Å². The van der Waals surface area contributed by atoms with E-state index in [4.69, 9.17) is 9.47 Å². The summed E-state index contributed by atoms with van der Waals surface area (Å²) in [6, 6.07) is 0. The van der Waals surface area contributed by atoms with Crippen molar-refractivity contribution in [2.24, 2.45) is 5.92 Å². The van der Waals surface area contributed by atoms with Gasteiger partial charge >= 0.3 is 11.9 Å². The molecule has 4 nitrogen and oxygen atoms in total. The number of hydrogen-bond donors (Lipinski definition) is 0. The van der Waals surface area contributed by atoms with E-state index in [2.05, 4.69) is 15.9 Å². The lowest BCUT2D eigenvalue weighted by Gasteiger charge is -2.14. The summed E-state index contributed by atoms with van der Waals surface area (Å²) in [6.45, 7) is 7.06. The van der Waals surface area contributed by atoms with Crippen molar-refractivity contribution in [3.63, 3.8) is 0 Å². The highest BCUT2D eigenvalue weighted by molar-refractivity contribution is 9.10. The zero-order valence-electron chi connectivity index (χ0n) is 9.50. The highest BCUT2D eigenvalue weighted by Gasteiger charge is 2.25. The van der Waals surface area contributed by atoms with Gasteiger partial charge < -0.3 is 9.47 Å². The molecule has 0 fully saturated rings. The Balaban J connectivity index is 3.65. The molecule has 0 aromatic carbocycles. The quantitative estimate of drug-likeness (QED) is 0.439. The lowest BCUT2D eigenvalue weighted by atomic mass is 10.2. The van der Waals surface area contributed by atoms with Crippen LogP contribution in [0.3, 0.4) is 0 Å². The maximum atomic E-state index is 11.2. The number of rotatable bonds is 5. The van der Waals surface area contributed by atoms with Crippen LogP contribution in [0.4, 0.5) is 0 Å². The van der Waals surface area contributed by atoms with Crippen LogP contribution in [-0.2, 0) is 19.1 Å². The Morgan fingerprint density at radius 1 is 1.20 bits per heavy atom. The minimum absolute atomic E-state index is 0.0896. The van der Waals surface area contributed by atoms with Gasteiger partial charge in [-0.15, -0.1) is 0 Å². The van der Waals surface area contributed by atoms with Crippen molar-refractivity contribution in [1.29, 1.82) is 0 Å². The van der Waals surface area contributed by atoms with Gasteiger partial charge in [-0.2, -0.15) is 0 Å². The van der Waals surface area contributed by atoms with E-state index >= 15 is 0 Å². The van der Waals surface area contributed by atoms with Crippen molar-refractivity contribution in [2.75, 3.05) is 13.2 Å². The molecule has 0 N–H and O–H groups in total. The Bertz CT molecular complexity index is 230. The molecule has 0 aliphatic heterocycles. The lowest BCUT2D eigenvalue weighted by molar-refractivity contribution is -0.155. The lowest BCUT2D eigenvalue weighted by Crippen LogP contribution is -2.28. The Hall–Kier alpha value is -0.580. The van der Waals surface area contributed by atoms with Gasteiger partial charge in [-0.3, -0.25) is 9.59 Å². The molecule has 0 aliphatic rings. The molecule has 0 aliphatic carbocycles. The molecule has 15 heavy (non-hydrogen) atoms. The van der Waals surface area contributed by atoms with Gasteiger partial charge in [0.05, 0.1) is 5.92 Å². The zero-order chi connectivity index (χ0) is 12.1. The SMILES string of the molecule is CC(C)C(=O)OCCOC(=O)C(C)(C)Br. The summed E-state index contributed by atoms with van der Waals surface area (Å²) in [5, 5.41) is 0. The Labute approximate surface area is 98.4 Å². The van der Waals surface area contributed by atoms with E-state index in [1.807, 2.05) is 0 Å². The van der Waals surface area contributed by atoms with Crippen LogP contribution < -0.4 is 0 Å². The van der Waals surface area contributed by atoms with Crippen molar-refractivity contribution in [1.82, 2.24) is 0 Å². The summed E-state index contributed by atoms with van der Waals surface area (Å²) in [5.74, 6) is -0.819. The third kappa shape index (κ3) is 6.49. The minimum atomic E-state index is -0.699. The topological polar surface area (TPSA) is 52.6 Å². The summed E-state index contributed by atoms with van der Waals surface area (Å²) in [5.41, 5.74) is 0. The number of carbonyl (C=O) groups is 2. The number of carbonyl (C=O) groups excluding carboxylic acids is 2. The van der Waals surface area contributed by atoms with Gasteiger partial charge in [-0.05, 0) is 13.8 Å². The van der Waals surface area contributed by atoms with E-state index < -0.39 is 4.32 Å². The van der Waals surface area contributed by atoms with Gasteiger partial charge in [0.15, 0.2) is 0 Å². The normalized spacial score (nSPS) is 11.3. The first-order valence-electron chi connectivity index (χ1n) is 4.78. The maximum absolute atomic E-state index is 11.2. The van der Waals surface area contributed by atoms with E-state index in [-0.39, 0.29) is 31.1 Å². The number of halogens is 1. The summed E-state index contributed by atoms with van der Waals surface area (Å²) in [7, 11) is 0. The first kappa shape index (κ1) is 14.4. The monoisotopic (exact) mass is 280 g/mol. The zero-order valence-corrected chi connectivity index (χ0v) is 11.1. The largest absolute Gasteiger partial charge is 0.462 e. The summed E-state index contributed by atoms with van der Waals surface area (Å²) in [6.07, 6.45) is 0. The standard InChI is InChI=1S/C10H17BrO4/c1-7(2)8(12)14-5-6-15-9(13)10(3,4)11/h7H,5-6H2,1-4H3. The fourth-order valence-corrected chi connectivity index (χ4v) is 0.729. The van der Waals surface area contributed by atoms with Crippen molar-refractivity contribution in [3.8, 4) is 0 Å². The second kappa shape index (κ2) is 6.10. The average molecular weight is 281 g/mol. The minimum Gasteiger partial charge on any atom is -0.462 e. The summed E-state index contributed by atoms with van der Waals surface area (Å²) < 4.78 is 9.01. The molecule has 0 radical (unpaired) electrons. The predicted octanol–water partition coefficient (Wildman–Crippen LogP) is 1.90. The molecule has 0 saturated heterocycles. The second-order valence-corrected chi connectivity index (χ2v) is 5.91. The first-order valence-corrected chi connectivity index (χ1v) is 5.57. The maximum Gasteiger partial charge on any atom is 0.322 e. The first-order chi connectivity index (χ1) is 6.75. The van der Waals surface area contributed by atoms with Gasteiger partial charge in [0.2, 0.25) is 0 Å². The van der Waals surface area contributed by atoms with Crippen molar-refractivity contribution < 1.29 is 19.1 Å². The predicted molar refractivity (Wildman–Crippen MR) is 59.8 cm³/mol. The van der Waals surface area contributed by atoms with Gasteiger partial charge in [0.1, 0.15) is 17.5 Å². The van der Waals surface area contributed by atoms with Crippen molar-refractivity contribution >= 4 is 27.9 Å². The molecule has 0 rings (SSSR count). The van der Waals surface area contributed by atoms with Crippen LogP contribution in [0, 0.1) is 5.92 Å². The van der Waals surface area contributed by atoms with Gasteiger partial charge in [0, 0.05) is 0 Å². The van der Waals surface area contributed by atoms with E-state index in [9.17, 15) is 9.59 Å². The fraction of sp³-hybridized carbons (Fsp3) is 0.800. The Morgan fingerprint density at radius 2 is 1.67 bits per heavy atom. The van der Waals surface area contributed by atoms with Gasteiger partial charge in [-0.1, -0.05) is 29.8 Å². The number of alkyl halides is 1. The molecule has 0 amide bonds. The molecule has 0 heterocycles. The Morgan fingerprint density at radius 3 is 2.07 bits per heavy atom. The molecule has 0 saturated carbocycles. The molecule has 0 aromatic heterocycles. The third-order valence-corrected chi connectivity index (χ3v) is 1.84. The molecule has 0 aromatic rings. The summed E-state index contributed by atoms with van der Waals surface area (Å²) in [4.78, 5) is 22.2. The second-order valence-electron chi connectivity index (χ2n) is 3.93. The Kier molecular flexibility index (Phi) is 5.87. The van der Waals surface area contributed by atoms with E-state index in [1.165, 1.54) is 0 Å². The smallest absolute Gasteiger partial charge is 0.322 e. The van der Waals surface area contributed by atoms with Crippen LogP contribution >= 0.6 is 15.9 Å². The van der Waals surface area contributed by atoms with Crippen LogP contribution in [0.2, 0.25) is 0 Å². The number of esters is 2. The highest BCUT2D eigenvalue weighted by Crippen LogP contribution is 2.17. The van der Waals surface area contributed by atoms with Crippen LogP contribution in [-0.4, -0.2) is 29.5 Å². The third-order valence-electron chi connectivity index (χ3n) is 1.52. The van der Waals surface area contributed by atoms with E-state index in [0.29, 0.717) is 0 Å². The molecule has 0 bridgehead atoms.